The van der Waals surface area contributed by atoms with Crippen LogP contribution in [-0.4, -0.2) is 24.6 Å². The summed E-state index contributed by atoms with van der Waals surface area (Å²) in [5.41, 5.74) is 1.31. The molecule has 1 heterocycles. The minimum absolute atomic E-state index is 0.953. The molecule has 0 radical (unpaired) electrons. The fourth-order valence-electron chi connectivity index (χ4n) is 1.05. The van der Waals surface area contributed by atoms with E-state index >= 15 is 0 Å². The van der Waals surface area contributed by atoms with Gasteiger partial charge in [0.15, 0.2) is 0 Å². The zero-order valence-corrected chi connectivity index (χ0v) is 7.56. The Morgan fingerprint density at radius 2 is 2.17 bits per heavy atom. The molecule has 0 aliphatic heterocycles. The first-order chi connectivity index (χ1) is 5.93. The summed E-state index contributed by atoms with van der Waals surface area (Å²) in [5.74, 6) is 0. The topological polar surface area (TPSA) is 39.8 Å². The van der Waals surface area contributed by atoms with E-state index < -0.39 is 0 Å². The molecule has 0 atom stereocenters. The van der Waals surface area contributed by atoms with Crippen LogP contribution in [0.5, 0.6) is 0 Å². The first kappa shape index (κ1) is 9.29. The van der Waals surface area contributed by atoms with Gasteiger partial charge in [-0.25, -0.2) is 0 Å². The van der Waals surface area contributed by atoms with Gasteiger partial charge < -0.3 is 15.6 Å². The maximum atomic E-state index is 3.34. The first-order valence-corrected chi connectivity index (χ1v) is 4.46. The second-order valence-corrected chi connectivity index (χ2v) is 2.75. The van der Waals surface area contributed by atoms with Gasteiger partial charge in [0.1, 0.15) is 0 Å². The Balaban J connectivity index is 1.96. The van der Waals surface area contributed by atoms with Gasteiger partial charge in [-0.1, -0.05) is 6.92 Å². The van der Waals surface area contributed by atoms with Gasteiger partial charge in [0.05, 0.1) is 0 Å². The summed E-state index contributed by atoms with van der Waals surface area (Å²) in [6.07, 6.45) is 3.96. The van der Waals surface area contributed by atoms with E-state index in [9.17, 15) is 0 Å². The molecule has 0 spiro atoms. The van der Waals surface area contributed by atoms with E-state index in [0.29, 0.717) is 0 Å². The van der Waals surface area contributed by atoms with Crippen LogP contribution in [0.3, 0.4) is 0 Å². The highest BCUT2D eigenvalue weighted by molar-refractivity contribution is 5.07. The van der Waals surface area contributed by atoms with Gasteiger partial charge in [0.2, 0.25) is 0 Å². The molecule has 0 saturated carbocycles. The van der Waals surface area contributed by atoms with E-state index in [-0.39, 0.29) is 0 Å². The molecule has 3 heteroatoms. The molecule has 0 aliphatic carbocycles. The average molecular weight is 167 g/mol. The van der Waals surface area contributed by atoms with Crippen LogP contribution in [0, 0.1) is 0 Å². The molecule has 1 aromatic rings. The van der Waals surface area contributed by atoms with Crippen molar-refractivity contribution in [3.63, 3.8) is 0 Å². The van der Waals surface area contributed by atoms with Crippen molar-refractivity contribution in [2.24, 2.45) is 0 Å². The first-order valence-electron chi connectivity index (χ1n) is 4.46. The molecule has 0 aliphatic rings. The summed E-state index contributed by atoms with van der Waals surface area (Å²) in [6, 6.07) is 2.08. The lowest BCUT2D eigenvalue weighted by Crippen LogP contribution is -2.26. The lowest BCUT2D eigenvalue weighted by atomic mass is 10.3. The Morgan fingerprint density at radius 1 is 1.33 bits per heavy atom. The third kappa shape index (κ3) is 3.55. The van der Waals surface area contributed by atoms with Crippen LogP contribution in [0.1, 0.15) is 12.5 Å². The van der Waals surface area contributed by atoms with Crippen LogP contribution in [-0.2, 0) is 6.54 Å². The van der Waals surface area contributed by atoms with Crippen molar-refractivity contribution in [2.45, 2.75) is 13.5 Å². The molecule has 68 valence electrons. The normalized spacial score (nSPS) is 10.4. The van der Waals surface area contributed by atoms with E-state index in [0.717, 1.165) is 26.2 Å². The van der Waals surface area contributed by atoms with Gasteiger partial charge in [0.25, 0.3) is 0 Å². The lowest BCUT2D eigenvalue weighted by Gasteiger charge is -2.02. The number of nitrogens with one attached hydrogen (secondary N) is 3. The van der Waals surface area contributed by atoms with Crippen molar-refractivity contribution in [1.29, 1.82) is 0 Å². The Morgan fingerprint density at radius 3 is 2.83 bits per heavy atom. The number of hydrogen-bond donors (Lipinski definition) is 3. The molecule has 0 amide bonds. The summed E-state index contributed by atoms with van der Waals surface area (Å²) < 4.78 is 0. The van der Waals surface area contributed by atoms with Gasteiger partial charge in [0, 0.05) is 32.0 Å². The fourth-order valence-corrected chi connectivity index (χ4v) is 1.05. The van der Waals surface area contributed by atoms with Crippen LogP contribution in [0.15, 0.2) is 18.5 Å². The van der Waals surface area contributed by atoms with E-state index in [1.807, 2.05) is 12.4 Å². The molecule has 1 rings (SSSR count). The quantitative estimate of drug-likeness (QED) is 0.546. The number of aromatic amines is 1. The standard InChI is InChI=1S/C9H17N3/c1-2-10-5-6-12-8-9-3-4-11-7-9/h3-4,7,10-12H,2,5-6,8H2,1H3. The SMILES string of the molecule is CCNCCNCc1cc[nH]c1. The molecule has 0 unspecified atom stereocenters. The summed E-state index contributed by atoms with van der Waals surface area (Å²) in [5, 5.41) is 6.60. The Bertz CT molecular complexity index is 182. The molecule has 0 aromatic carbocycles. The summed E-state index contributed by atoms with van der Waals surface area (Å²) in [7, 11) is 0. The van der Waals surface area contributed by atoms with E-state index in [2.05, 4.69) is 28.6 Å². The van der Waals surface area contributed by atoms with Gasteiger partial charge in [-0.2, -0.15) is 0 Å². The van der Waals surface area contributed by atoms with E-state index in [1.165, 1.54) is 5.56 Å². The molecular formula is C9H17N3. The van der Waals surface area contributed by atoms with Crippen LogP contribution in [0.2, 0.25) is 0 Å². The van der Waals surface area contributed by atoms with Crippen molar-refractivity contribution in [3.8, 4) is 0 Å². The number of H-pyrrole nitrogens is 1. The predicted octanol–water partition coefficient (Wildman–Crippen LogP) is 0.714. The average Bonchev–Trinajstić information content (AvgIpc) is 2.57. The minimum atomic E-state index is 0.953. The van der Waals surface area contributed by atoms with Crippen LogP contribution < -0.4 is 10.6 Å². The fraction of sp³-hybridized carbons (Fsp3) is 0.556. The smallest absolute Gasteiger partial charge is 0.0220 e. The molecule has 1 aromatic heterocycles. The third-order valence-corrected chi connectivity index (χ3v) is 1.72. The molecule has 0 bridgehead atoms. The van der Waals surface area contributed by atoms with Crippen molar-refractivity contribution in [1.82, 2.24) is 15.6 Å². The Kier molecular flexibility index (Phi) is 4.49. The largest absolute Gasteiger partial charge is 0.367 e. The predicted molar refractivity (Wildman–Crippen MR) is 51.0 cm³/mol. The van der Waals surface area contributed by atoms with Gasteiger partial charge in [-0.15, -0.1) is 0 Å². The minimum Gasteiger partial charge on any atom is -0.367 e. The Hall–Kier alpha value is -0.800. The second-order valence-electron chi connectivity index (χ2n) is 2.75. The molecule has 0 fully saturated rings. The highest BCUT2D eigenvalue weighted by Crippen LogP contribution is 1.93. The second kappa shape index (κ2) is 5.80. The lowest BCUT2D eigenvalue weighted by molar-refractivity contribution is 0.625. The molecule has 3 nitrogen and oxygen atoms in total. The van der Waals surface area contributed by atoms with Gasteiger partial charge >= 0.3 is 0 Å². The Labute approximate surface area is 73.6 Å². The van der Waals surface area contributed by atoms with E-state index in [1.54, 1.807) is 0 Å². The van der Waals surface area contributed by atoms with Crippen LogP contribution in [0.4, 0.5) is 0 Å². The van der Waals surface area contributed by atoms with Gasteiger partial charge in [-0.3, -0.25) is 0 Å². The highest BCUT2D eigenvalue weighted by Gasteiger charge is 1.90. The summed E-state index contributed by atoms with van der Waals surface area (Å²) in [4.78, 5) is 3.03. The van der Waals surface area contributed by atoms with E-state index in [4.69, 9.17) is 0 Å². The molecule has 12 heavy (non-hydrogen) atoms. The van der Waals surface area contributed by atoms with Crippen molar-refractivity contribution in [2.75, 3.05) is 19.6 Å². The number of hydrogen-bond acceptors (Lipinski definition) is 2. The van der Waals surface area contributed by atoms with Crippen molar-refractivity contribution < 1.29 is 0 Å². The molecule has 3 N–H and O–H groups in total. The molecule has 0 saturated heterocycles. The highest BCUT2D eigenvalue weighted by atomic mass is 14.9. The molecular weight excluding hydrogens is 150 g/mol. The van der Waals surface area contributed by atoms with Crippen LogP contribution >= 0.6 is 0 Å². The monoisotopic (exact) mass is 167 g/mol. The third-order valence-electron chi connectivity index (χ3n) is 1.72. The van der Waals surface area contributed by atoms with Crippen LogP contribution in [0.25, 0.3) is 0 Å². The maximum Gasteiger partial charge on any atom is 0.0220 e. The summed E-state index contributed by atoms with van der Waals surface area (Å²) >= 11 is 0. The van der Waals surface area contributed by atoms with Crippen molar-refractivity contribution in [3.05, 3.63) is 24.0 Å². The van der Waals surface area contributed by atoms with Crippen molar-refractivity contribution >= 4 is 0 Å². The number of rotatable bonds is 6. The zero-order valence-electron chi connectivity index (χ0n) is 7.56. The summed E-state index contributed by atoms with van der Waals surface area (Å²) in [6.45, 7) is 6.19. The zero-order chi connectivity index (χ0) is 8.65. The maximum absolute atomic E-state index is 3.34. The van der Waals surface area contributed by atoms with Gasteiger partial charge in [-0.05, 0) is 18.2 Å². The number of aromatic nitrogens is 1. The number of likely N-dealkylation sites (N-methyl/N-ethyl adjacent to an activating group) is 1.